The number of hydrogen-bond donors (Lipinski definition) is 0. The van der Waals surface area contributed by atoms with Crippen LogP contribution in [0.5, 0.6) is 0 Å². The molecule has 0 atom stereocenters. The molecule has 1 heterocycles. The standard InChI is InChI=1S/C9H15NO8S4/c1-10-8(21(4,15)16)6(19(2,11)12)7(20(3,13)14)9(10)22(5,17)18/h1-5H3. The van der Waals surface area contributed by atoms with E-state index in [1.165, 1.54) is 0 Å². The van der Waals surface area contributed by atoms with Crippen molar-refractivity contribution in [2.75, 3.05) is 25.0 Å². The van der Waals surface area contributed by atoms with Gasteiger partial charge in [-0.2, -0.15) is 0 Å². The second kappa shape index (κ2) is 5.04. The van der Waals surface area contributed by atoms with Crippen LogP contribution < -0.4 is 0 Å². The Morgan fingerprint density at radius 3 is 0.909 bits per heavy atom. The van der Waals surface area contributed by atoms with Crippen molar-refractivity contribution in [3.63, 3.8) is 0 Å². The van der Waals surface area contributed by atoms with Gasteiger partial charge in [0.25, 0.3) is 0 Å². The first-order chi connectivity index (χ1) is 9.40. The van der Waals surface area contributed by atoms with Crippen LogP contribution in [0.2, 0.25) is 0 Å². The highest BCUT2D eigenvalue weighted by Crippen LogP contribution is 2.36. The molecule has 1 aromatic heterocycles. The second-order valence-corrected chi connectivity index (χ2v) is 12.7. The molecule has 1 rings (SSSR count). The molecule has 9 nitrogen and oxygen atoms in total. The highest BCUT2D eigenvalue weighted by molar-refractivity contribution is 7.96. The lowest BCUT2D eigenvalue weighted by atomic mass is 10.6. The Hall–Kier alpha value is -0.920. The lowest BCUT2D eigenvalue weighted by molar-refractivity contribution is 0.565. The molecule has 0 spiro atoms. The van der Waals surface area contributed by atoms with Crippen LogP contribution in [0.25, 0.3) is 0 Å². The number of rotatable bonds is 4. The normalized spacial score (nSPS) is 14.2. The zero-order chi connectivity index (χ0) is 17.9. The fourth-order valence-electron chi connectivity index (χ4n) is 2.08. The maximum atomic E-state index is 11.9. The molecule has 0 aliphatic heterocycles. The van der Waals surface area contributed by atoms with Crippen LogP contribution in [0.15, 0.2) is 19.8 Å². The summed E-state index contributed by atoms with van der Waals surface area (Å²) in [4.78, 5) is -2.05. The molecule has 0 aliphatic carbocycles. The smallest absolute Gasteiger partial charge is 0.192 e. The number of nitrogens with zero attached hydrogens (tertiary/aromatic N) is 1. The van der Waals surface area contributed by atoms with E-state index in [9.17, 15) is 33.7 Å². The van der Waals surface area contributed by atoms with Crippen molar-refractivity contribution >= 4 is 39.3 Å². The van der Waals surface area contributed by atoms with Crippen molar-refractivity contribution in [3.05, 3.63) is 0 Å². The van der Waals surface area contributed by atoms with Gasteiger partial charge in [-0.3, -0.25) is 0 Å². The minimum Gasteiger partial charge on any atom is -0.324 e. The molecule has 0 aromatic carbocycles. The van der Waals surface area contributed by atoms with Crippen LogP contribution in [0, 0.1) is 0 Å². The predicted molar refractivity (Wildman–Crippen MR) is 77.9 cm³/mol. The molecule has 128 valence electrons. The van der Waals surface area contributed by atoms with E-state index < -0.39 is 59.2 Å². The quantitative estimate of drug-likeness (QED) is 0.610. The van der Waals surface area contributed by atoms with Gasteiger partial charge in [0.15, 0.2) is 49.4 Å². The fraction of sp³-hybridized carbons (Fsp3) is 0.556. The first kappa shape index (κ1) is 19.1. The SMILES string of the molecule is Cn1c(S(C)(=O)=O)c(S(C)(=O)=O)c(S(C)(=O)=O)c1S(C)(=O)=O. The molecular formula is C9H15NO8S4. The molecule has 1 aromatic rings. The van der Waals surface area contributed by atoms with Gasteiger partial charge in [-0.25, -0.2) is 33.7 Å². The maximum Gasteiger partial charge on any atom is 0.192 e. The van der Waals surface area contributed by atoms with Gasteiger partial charge in [0.2, 0.25) is 0 Å². The van der Waals surface area contributed by atoms with E-state index in [-0.39, 0.29) is 0 Å². The zero-order valence-corrected chi connectivity index (χ0v) is 15.6. The fourth-order valence-corrected chi connectivity index (χ4v) is 8.82. The molecular weight excluding hydrogens is 378 g/mol. The third kappa shape index (κ3) is 3.36. The van der Waals surface area contributed by atoms with Gasteiger partial charge in [-0.1, -0.05) is 0 Å². The minimum atomic E-state index is -4.34. The molecule has 0 bridgehead atoms. The van der Waals surface area contributed by atoms with Gasteiger partial charge < -0.3 is 4.57 Å². The highest BCUT2D eigenvalue weighted by atomic mass is 32.2. The maximum absolute atomic E-state index is 11.9. The van der Waals surface area contributed by atoms with Crippen LogP contribution >= 0.6 is 0 Å². The molecule has 0 amide bonds. The topological polar surface area (TPSA) is 141 Å². The Balaban J connectivity index is 4.53. The first-order valence-corrected chi connectivity index (χ1v) is 13.0. The monoisotopic (exact) mass is 393 g/mol. The summed E-state index contributed by atoms with van der Waals surface area (Å²) in [6, 6.07) is 0. The summed E-state index contributed by atoms with van der Waals surface area (Å²) >= 11 is 0. The number of aromatic nitrogens is 1. The summed E-state index contributed by atoms with van der Waals surface area (Å²) in [6.45, 7) is 0. The summed E-state index contributed by atoms with van der Waals surface area (Å²) < 4.78 is 95.7. The average molecular weight is 393 g/mol. The molecule has 0 aliphatic rings. The van der Waals surface area contributed by atoms with Crippen molar-refractivity contribution < 1.29 is 33.7 Å². The Kier molecular flexibility index (Phi) is 4.38. The van der Waals surface area contributed by atoms with Gasteiger partial charge in [0, 0.05) is 32.1 Å². The molecule has 22 heavy (non-hydrogen) atoms. The van der Waals surface area contributed by atoms with Crippen LogP contribution in [0.1, 0.15) is 0 Å². The molecule has 0 unspecified atom stereocenters. The summed E-state index contributed by atoms with van der Waals surface area (Å²) in [7, 11) is -16.1. The van der Waals surface area contributed by atoms with Crippen molar-refractivity contribution in [1.29, 1.82) is 0 Å². The molecule has 0 radical (unpaired) electrons. The van der Waals surface area contributed by atoms with Gasteiger partial charge in [0.1, 0.15) is 9.79 Å². The van der Waals surface area contributed by atoms with E-state index in [1.54, 1.807) is 0 Å². The Morgan fingerprint density at radius 1 is 0.545 bits per heavy atom. The van der Waals surface area contributed by atoms with Crippen molar-refractivity contribution in [3.8, 4) is 0 Å². The summed E-state index contributed by atoms with van der Waals surface area (Å²) in [5.74, 6) is 0. The van der Waals surface area contributed by atoms with Crippen molar-refractivity contribution in [2.45, 2.75) is 19.8 Å². The first-order valence-electron chi connectivity index (χ1n) is 5.43. The van der Waals surface area contributed by atoms with Crippen LogP contribution in [0.3, 0.4) is 0 Å². The summed E-state index contributed by atoms with van der Waals surface area (Å²) in [5, 5.41) is -1.76. The second-order valence-electron chi connectivity index (χ2n) is 4.92. The molecule has 0 fully saturated rings. The lowest BCUT2D eigenvalue weighted by Gasteiger charge is -2.05. The highest BCUT2D eigenvalue weighted by Gasteiger charge is 2.39. The van der Waals surface area contributed by atoms with Gasteiger partial charge in [0.05, 0.1) is 0 Å². The van der Waals surface area contributed by atoms with Crippen LogP contribution in [-0.4, -0.2) is 63.3 Å². The summed E-state index contributed by atoms with van der Waals surface area (Å²) in [5.41, 5.74) is 0. The van der Waals surface area contributed by atoms with E-state index in [0.29, 0.717) is 29.6 Å². The zero-order valence-electron chi connectivity index (χ0n) is 12.3. The van der Waals surface area contributed by atoms with E-state index in [0.717, 1.165) is 7.05 Å². The van der Waals surface area contributed by atoms with Gasteiger partial charge in [-0.15, -0.1) is 0 Å². The van der Waals surface area contributed by atoms with Gasteiger partial charge >= 0.3 is 0 Å². The molecule has 0 N–H and O–H groups in total. The molecule has 0 saturated heterocycles. The lowest BCUT2D eigenvalue weighted by Crippen LogP contribution is -2.12. The van der Waals surface area contributed by atoms with E-state index >= 15 is 0 Å². The van der Waals surface area contributed by atoms with Crippen molar-refractivity contribution in [2.24, 2.45) is 7.05 Å². The van der Waals surface area contributed by atoms with Crippen molar-refractivity contribution in [1.82, 2.24) is 4.57 Å². The van der Waals surface area contributed by atoms with E-state index in [4.69, 9.17) is 0 Å². The van der Waals surface area contributed by atoms with E-state index in [1.807, 2.05) is 0 Å². The Morgan fingerprint density at radius 2 is 0.773 bits per heavy atom. The number of hydrogen-bond acceptors (Lipinski definition) is 8. The largest absolute Gasteiger partial charge is 0.324 e. The van der Waals surface area contributed by atoms with Crippen LogP contribution in [0.4, 0.5) is 0 Å². The Labute approximate surface area is 129 Å². The van der Waals surface area contributed by atoms with Gasteiger partial charge in [-0.05, 0) is 0 Å². The average Bonchev–Trinajstić information content (AvgIpc) is 2.48. The minimum absolute atomic E-state index is 0.567. The third-order valence-corrected chi connectivity index (χ3v) is 7.67. The molecule has 0 saturated carbocycles. The Bertz CT molecular complexity index is 968. The van der Waals surface area contributed by atoms with Crippen LogP contribution in [-0.2, 0) is 46.4 Å². The summed E-state index contributed by atoms with van der Waals surface area (Å²) in [6.07, 6.45) is 2.54. The van der Waals surface area contributed by atoms with E-state index in [2.05, 4.69) is 0 Å². The predicted octanol–water partition coefficient (Wildman–Crippen LogP) is -1.36. The molecule has 13 heteroatoms. The third-order valence-electron chi connectivity index (χ3n) is 2.65. The number of sulfone groups is 4.